The number of anilines is 1. The van der Waals surface area contributed by atoms with E-state index in [9.17, 15) is 4.79 Å². The van der Waals surface area contributed by atoms with Crippen molar-refractivity contribution in [3.05, 3.63) is 11.8 Å². The molecule has 1 aromatic heterocycles. The zero-order chi connectivity index (χ0) is 15.1. The predicted octanol–water partition coefficient (Wildman–Crippen LogP) is 1.63. The monoisotopic (exact) mass is 294 g/mol. The fourth-order valence-electron chi connectivity index (χ4n) is 2.65. The summed E-state index contributed by atoms with van der Waals surface area (Å²) in [6.45, 7) is 9.11. The van der Waals surface area contributed by atoms with Crippen LogP contribution in [0.3, 0.4) is 0 Å². The van der Waals surface area contributed by atoms with Gasteiger partial charge in [0.25, 0.3) is 0 Å². The summed E-state index contributed by atoms with van der Waals surface area (Å²) >= 11 is 0. The molecular formula is C15H26N4O2. The number of hydrogen-bond acceptors (Lipinski definition) is 5. The van der Waals surface area contributed by atoms with E-state index in [1.54, 1.807) is 13.0 Å². The minimum absolute atomic E-state index is 0.00178. The number of likely N-dealkylation sites (tertiary alicyclic amines) is 1. The second-order valence-electron chi connectivity index (χ2n) is 5.71. The van der Waals surface area contributed by atoms with Gasteiger partial charge in [-0.2, -0.15) is 0 Å². The second-order valence-corrected chi connectivity index (χ2v) is 5.71. The summed E-state index contributed by atoms with van der Waals surface area (Å²) < 4.78 is 4.92. The lowest BCUT2D eigenvalue weighted by Gasteiger charge is -2.31. The van der Waals surface area contributed by atoms with Crippen molar-refractivity contribution in [3.8, 4) is 0 Å². The molecule has 1 aliphatic heterocycles. The van der Waals surface area contributed by atoms with Crippen molar-refractivity contribution in [2.75, 3.05) is 38.0 Å². The standard InChI is InChI=1S/C15H26N4O2/c1-3-16-11-13-4-7-19(8-5-13)9-6-15(20)17-14-10-12(2)21-18-14/h10,13,16H,3-9,11H2,1-2H3,(H,17,18,20). The third-order valence-corrected chi connectivity index (χ3v) is 3.94. The van der Waals surface area contributed by atoms with Crippen molar-refractivity contribution in [2.24, 2.45) is 5.92 Å². The Morgan fingerprint density at radius 2 is 2.24 bits per heavy atom. The molecule has 0 aromatic carbocycles. The molecule has 21 heavy (non-hydrogen) atoms. The number of amides is 1. The molecule has 0 atom stereocenters. The quantitative estimate of drug-likeness (QED) is 0.800. The van der Waals surface area contributed by atoms with E-state index in [1.807, 2.05) is 0 Å². The maximum atomic E-state index is 11.8. The lowest BCUT2D eigenvalue weighted by molar-refractivity contribution is -0.116. The zero-order valence-corrected chi connectivity index (χ0v) is 13.0. The summed E-state index contributed by atoms with van der Waals surface area (Å²) in [6.07, 6.45) is 2.94. The number of aromatic nitrogens is 1. The van der Waals surface area contributed by atoms with Gasteiger partial charge in [0.2, 0.25) is 5.91 Å². The SMILES string of the molecule is CCNCC1CCN(CCC(=O)Nc2cc(C)on2)CC1. The van der Waals surface area contributed by atoms with Crippen LogP contribution in [-0.4, -0.2) is 48.7 Å². The fourth-order valence-corrected chi connectivity index (χ4v) is 2.65. The van der Waals surface area contributed by atoms with Crippen molar-refractivity contribution in [2.45, 2.75) is 33.1 Å². The smallest absolute Gasteiger partial charge is 0.226 e. The number of carbonyl (C=O) groups is 1. The summed E-state index contributed by atoms with van der Waals surface area (Å²) in [5, 5.41) is 9.93. The average Bonchev–Trinajstić information content (AvgIpc) is 2.89. The number of nitrogens with one attached hydrogen (secondary N) is 2. The molecule has 0 radical (unpaired) electrons. The van der Waals surface area contributed by atoms with Gasteiger partial charge >= 0.3 is 0 Å². The van der Waals surface area contributed by atoms with Gasteiger partial charge < -0.3 is 20.1 Å². The van der Waals surface area contributed by atoms with E-state index in [0.717, 1.165) is 38.6 Å². The number of carbonyl (C=O) groups excluding carboxylic acids is 1. The van der Waals surface area contributed by atoms with Crippen molar-refractivity contribution in [1.29, 1.82) is 0 Å². The molecule has 2 heterocycles. The third kappa shape index (κ3) is 5.47. The Morgan fingerprint density at radius 3 is 2.86 bits per heavy atom. The molecule has 1 saturated heterocycles. The number of rotatable bonds is 7. The fraction of sp³-hybridized carbons (Fsp3) is 0.733. The lowest BCUT2D eigenvalue weighted by Crippen LogP contribution is -2.38. The van der Waals surface area contributed by atoms with Crippen LogP contribution in [-0.2, 0) is 4.79 Å². The zero-order valence-electron chi connectivity index (χ0n) is 13.0. The first-order chi connectivity index (χ1) is 10.2. The van der Waals surface area contributed by atoms with Crippen LogP contribution in [0.2, 0.25) is 0 Å². The Balaban J connectivity index is 1.62. The topological polar surface area (TPSA) is 70.4 Å². The molecular weight excluding hydrogens is 268 g/mol. The van der Waals surface area contributed by atoms with Crippen molar-refractivity contribution >= 4 is 11.7 Å². The van der Waals surface area contributed by atoms with Gasteiger partial charge in [-0.15, -0.1) is 0 Å². The Morgan fingerprint density at radius 1 is 1.48 bits per heavy atom. The molecule has 0 unspecified atom stereocenters. The molecule has 1 aliphatic rings. The highest BCUT2D eigenvalue weighted by molar-refractivity contribution is 5.89. The molecule has 1 fully saturated rings. The highest BCUT2D eigenvalue weighted by atomic mass is 16.5. The summed E-state index contributed by atoms with van der Waals surface area (Å²) in [5.74, 6) is 1.99. The first-order valence-electron chi connectivity index (χ1n) is 7.83. The highest BCUT2D eigenvalue weighted by Crippen LogP contribution is 2.16. The van der Waals surface area contributed by atoms with Crippen molar-refractivity contribution in [3.63, 3.8) is 0 Å². The van der Waals surface area contributed by atoms with Gasteiger partial charge in [-0.1, -0.05) is 12.1 Å². The van der Waals surface area contributed by atoms with E-state index in [-0.39, 0.29) is 5.91 Å². The van der Waals surface area contributed by atoms with E-state index < -0.39 is 0 Å². The van der Waals surface area contributed by atoms with Gasteiger partial charge in [0, 0.05) is 19.0 Å². The molecule has 1 aromatic rings. The molecule has 0 aliphatic carbocycles. The van der Waals surface area contributed by atoms with E-state index in [2.05, 4.69) is 27.6 Å². The molecule has 2 rings (SSSR count). The first-order valence-corrected chi connectivity index (χ1v) is 7.83. The normalized spacial score (nSPS) is 17.0. The Hall–Kier alpha value is -1.40. The van der Waals surface area contributed by atoms with Crippen LogP contribution in [0.5, 0.6) is 0 Å². The average molecular weight is 294 g/mol. The molecule has 1 amide bonds. The second kappa shape index (κ2) is 8.14. The minimum atomic E-state index is -0.00178. The van der Waals surface area contributed by atoms with E-state index in [0.29, 0.717) is 18.0 Å². The van der Waals surface area contributed by atoms with Crippen LogP contribution < -0.4 is 10.6 Å². The largest absolute Gasteiger partial charge is 0.360 e. The lowest BCUT2D eigenvalue weighted by atomic mass is 9.96. The van der Waals surface area contributed by atoms with E-state index in [4.69, 9.17) is 4.52 Å². The maximum absolute atomic E-state index is 11.8. The molecule has 118 valence electrons. The number of nitrogens with zero attached hydrogens (tertiary/aromatic N) is 2. The minimum Gasteiger partial charge on any atom is -0.360 e. The van der Waals surface area contributed by atoms with Gasteiger partial charge in [-0.3, -0.25) is 4.79 Å². The van der Waals surface area contributed by atoms with Gasteiger partial charge in [0.1, 0.15) is 5.76 Å². The van der Waals surface area contributed by atoms with Crippen molar-refractivity contribution in [1.82, 2.24) is 15.4 Å². The van der Waals surface area contributed by atoms with E-state index in [1.165, 1.54) is 12.8 Å². The van der Waals surface area contributed by atoms with Crippen LogP contribution in [0.1, 0.15) is 31.9 Å². The van der Waals surface area contributed by atoms with E-state index >= 15 is 0 Å². The van der Waals surface area contributed by atoms with Crippen molar-refractivity contribution < 1.29 is 9.32 Å². The van der Waals surface area contributed by atoms with Gasteiger partial charge in [0.15, 0.2) is 5.82 Å². The number of aryl methyl sites for hydroxylation is 1. The Bertz CT molecular complexity index is 439. The van der Waals surface area contributed by atoms with Gasteiger partial charge in [-0.05, 0) is 51.9 Å². The summed E-state index contributed by atoms with van der Waals surface area (Å²) in [6, 6.07) is 1.73. The van der Waals surface area contributed by atoms with Crippen LogP contribution >= 0.6 is 0 Å². The van der Waals surface area contributed by atoms with Crippen LogP contribution in [0.25, 0.3) is 0 Å². The molecule has 6 heteroatoms. The van der Waals surface area contributed by atoms with Crippen LogP contribution in [0.4, 0.5) is 5.82 Å². The summed E-state index contributed by atoms with van der Waals surface area (Å²) in [4.78, 5) is 14.2. The Labute approximate surface area is 126 Å². The van der Waals surface area contributed by atoms with Crippen LogP contribution in [0.15, 0.2) is 10.6 Å². The van der Waals surface area contributed by atoms with Gasteiger partial charge in [-0.25, -0.2) is 0 Å². The predicted molar refractivity (Wildman–Crippen MR) is 82.2 cm³/mol. The number of hydrogen-bond donors (Lipinski definition) is 2. The molecule has 0 bridgehead atoms. The number of piperidine rings is 1. The third-order valence-electron chi connectivity index (χ3n) is 3.94. The summed E-state index contributed by atoms with van der Waals surface area (Å²) in [7, 11) is 0. The first kappa shape index (κ1) is 16.0. The molecule has 0 spiro atoms. The van der Waals surface area contributed by atoms with Gasteiger partial charge in [0.05, 0.1) is 0 Å². The highest BCUT2D eigenvalue weighted by Gasteiger charge is 2.19. The maximum Gasteiger partial charge on any atom is 0.226 e. The summed E-state index contributed by atoms with van der Waals surface area (Å²) in [5.41, 5.74) is 0. The van der Waals surface area contributed by atoms with Crippen LogP contribution in [0, 0.1) is 12.8 Å². The molecule has 0 saturated carbocycles. The Kier molecular flexibility index (Phi) is 6.20. The molecule has 6 nitrogen and oxygen atoms in total. The molecule has 2 N–H and O–H groups in total.